The number of halogens is 1. The molecule has 0 unspecified atom stereocenters. The van der Waals surface area contributed by atoms with Crippen LogP contribution in [0.1, 0.15) is 27.7 Å². The number of fused-ring (bicyclic) bond motifs is 8. The molecular formula is C80H58BClN10O2. The maximum absolute atomic E-state index is 6.36. The molecule has 450 valence electrons. The Morgan fingerprint density at radius 3 is 1.05 bits per heavy atom. The van der Waals surface area contributed by atoms with Crippen molar-refractivity contribution in [3.63, 3.8) is 0 Å². The zero-order valence-corrected chi connectivity index (χ0v) is 52.6. The lowest BCUT2D eigenvalue weighted by molar-refractivity contribution is 0.00578. The van der Waals surface area contributed by atoms with Crippen LogP contribution in [-0.4, -0.2) is 68.2 Å². The van der Waals surface area contributed by atoms with Crippen LogP contribution in [0.25, 0.3) is 145 Å². The molecule has 0 bridgehead atoms. The minimum atomic E-state index is -0.411. The van der Waals surface area contributed by atoms with Gasteiger partial charge in [-0.05, 0) is 96.6 Å². The third kappa shape index (κ3) is 11.6. The van der Waals surface area contributed by atoms with Gasteiger partial charge in [-0.1, -0.05) is 237 Å². The monoisotopic (exact) mass is 1240 g/mol. The van der Waals surface area contributed by atoms with Crippen LogP contribution in [0.4, 0.5) is 0 Å². The third-order valence-corrected chi connectivity index (χ3v) is 17.6. The molecule has 0 radical (unpaired) electrons. The summed E-state index contributed by atoms with van der Waals surface area (Å²) in [6.07, 6.45) is 3.65. The summed E-state index contributed by atoms with van der Waals surface area (Å²) in [5, 5.41) is 8.91. The summed E-state index contributed by atoms with van der Waals surface area (Å²) >= 11 is 5.99. The average molecular weight is 1240 g/mol. The molecule has 0 amide bonds. The summed E-state index contributed by atoms with van der Waals surface area (Å²) in [7, 11) is -0.411. The van der Waals surface area contributed by atoms with Crippen LogP contribution in [-0.2, 0) is 9.31 Å². The smallest absolute Gasteiger partial charge is 0.399 e. The molecule has 16 aromatic rings. The standard InChI is InChI=1S/C37H23N5.C28H25BN2O2.C15H10ClN3/c1-3-10-26(11-4-1)35-40-36(27-12-5-2-6-13-27)42-37(41-35)31-21-20-30(28-15-7-8-16-29(28)31)32-22-19-25-18-17-24-14-9-23-38-33(24)34(25)39-32;1-27(2)28(3,4)33-29(32-27)23-15-14-22(20-9-5-6-10-21(20)23)24-16-13-19-12-11-18-8-7-17-30-25(18)26(19)31-24;16-15-18-13(11-7-3-1-4-8-11)17-14(19-15)12-9-5-2-6-10-12/h1-23H;5-17H,1-4H3;1-10H. The molecule has 1 saturated heterocycles. The largest absolute Gasteiger partial charge is 0.495 e. The fraction of sp³-hybridized carbons (Fsp3) is 0.0750. The number of pyridine rings is 4. The molecule has 1 aliphatic rings. The topological polar surface area (TPSA) is 147 Å². The average Bonchev–Trinajstić information content (AvgIpc) is 1.43. The quantitative estimate of drug-likeness (QED) is 0.105. The third-order valence-electron chi connectivity index (χ3n) is 17.4. The van der Waals surface area contributed by atoms with Gasteiger partial charge in [-0.3, -0.25) is 9.97 Å². The Morgan fingerprint density at radius 2 is 0.617 bits per heavy atom. The minimum absolute atomic E-state index is 0.202. The lowest BCUT2D eigenvalue weighted by atomic mass is 9.75. The molecule has 0 saturated carbocycles. The zero-order chi connectivity index (χ0) is 63.8. The number of aromatic nitrogens is 10. The van der Waals surface area contributed by atoms with Gasteiger partial charge in [-0.15, -0.1) is 0 Å². The van der Waals surface area contributed by atoms with E-state index in [-0.39, 0.29) is 16.5 Å². The number of hydrogen-bond donors (Lipinski definition) is 0. The van der Waals surface area contributed by atoms with Crippen molar-refractivity contribution in [3.8, 4) is 79.5 Å². The van der Waals surface area contributed by atoms with Gasteiger partial charge >= 0.3 is 7.12 Å². The van der Waals surface area contributed by atoms with Crippen molar-refractivity contribution in [3.05, 3.63) is 285 Å². The van der Waals surface area contributed by atoms with E-state index in [0.717, 1.165) is 121 Å². The fourth-order valence-electron chi connectivity index (χ4n) is 11.9. The van der Waals surface area contributed by atoms with Crippen LogP contribution in [0.15, 0.2) is 279 Å². The maximum atomic E-state index is 6.36. The molecule has 17 rings (SSSR count). The first-order chi connectivity index (χ1) is 46.0. The highest BCUT2D eigenvalue weighted by Gasteiger charge is 2.52. The molecule has 10 aromatic carbocycles. The Hall–Kier alpha value is -11.3. The van der Waals surface area contributed by atoms with Gasteiger partial charge in [0.05, 0.1) is 44.7 Å². The summed E-state index contributed by atoms with van der Waals surface area (Å²) in [5.74, 6) is 3.08. The second kappa shape index (κ2) is 25.0. The number of rotatable bonds is 8. The van der Waals surface area contributed by atoms with Gasteiger partial charge in [0.15, 0.2) is 29.1 Å². The van der Waals surface area contributed by atoms with E-state index in [4.69, 9.17) is 45.8 Å². The summed E-state index contributed by atoms with van der Waals surface area (Å²) in [6, 6.07) is 89.7. The summed E-state index contributed by atoms with van der Waals surface area (Å²) in [6.45, 7) is 8.34. The highest BCUT2D eigenvalue weighted by atomic mass is 35.5. The van der Waals surface area contributed by atoms with Crippen LogP contribution in [0.5, 0.6) is 0 Å². The van der Waals surface area contributed by atoms with E-state index in [1.54, 1.807) is 0 Å². The molecule has 0 atom stereocenters. The van der Waals surface area contributed by atoms with Gasteiger partial charge in [0.1, 0.15) is 0 Å². The summed E-state index contributed by atoms with van der Waals surface area (Å²) in [5.41, 5.74) is 12.6. The zero-order valence-electron chi connectivity index (χ0n) is 51.8. The lowest BCUT2D eigenvalue weighted by Crippen LogP contribution is -2.41. The van der Waals surface area contributed by atoms with E-state index in [2.05, 4.69) is 186 Å². The predicted molar refractivity (Wildman–Crippen MR) is 381 cm³/mol. The van der Waals surface area contributed by atoms with E-state index < -0.39 is 7.12 Å². The number of hydrogen-bond acceptors (Lipinski definition) is 12. The first-order valence-corrected chi connectivity index (χ1v) is 31.4. The molecule has 14 heteroatoms. The second-order valence-corrected chi connectivity index (χ2v) is 24.2. The molecule has 1 aliphatic heterocycles. The van der Waals surface area contributed by atoms with E-state index in [9.17, 15) is 0 Å². The van der Waals surface area contributed by atoms with E-state index in [1.807, 2.05) is 146 Å². The molecule has 6 aromatic heterocycles. The van der Waals surface area contributed by atoms with Gasteiger partial charge in [0, 0.05) is 72.9 Å². The molecule has 12 nitrogen and oxygen atoms in total. The normalized spacial score (nSPS) is 13.2. The van der Waals surface area contributed by atoms with Crippen molar-refractivity contribution >= 4 is 89.3 Å². The van der Waals surface area contributed by atoms with Crippen molar-refractivity contribution in [2.24, 2.45) is 0 Å². The van der Waals surface area contributed by atoms with E-state index in [0.29, 0.717) is 29.1 Å². The molecule has 0 N–H and O–H groups in total. The van der Waals surface area contributed by atoms with E-state index >= 15 is 0 Å². The lowest BCUT2D eigenvalue weighted by Gasteiger charge is -2.32. The van der Waals surface area contributed by atoms with Crippen LogP contribution in [0, 0.1) is 0 Å². The molecular weight excluding hydrogens is 1180 g/mol. The highest BCUT2D eigenvalue weighted by Crippen LogP contribution is 2.40. The Kier molecular flexibility index (Phi) is 15.7. The number of benzene rings is 10. The van der Waals surface area contributed by atoms with Gasteiger partial charge in [-0.2, -0.15) is 9.97 Å². The maximum Gasteiger partial charge on any atom is 0.495 e. The van der Waals surface area contributed by atoms with Crippen molar-refractivity contribution in [2.75, 3.05) is 0 Å². The molecule has 0 spiro atoms. The first-order valence-electron chi connectivity index (χ1n) is 31.1. The van der Waals surface area contributed by atoms with Crippen molar-refractivity contribution in [1.29, 1.82) is 0 Å². The van der Waals surface area contributed by atoms with Crippen LogP contribution >= 0.6 is 11.6 Å². The molecule has 94 heavy (non-hydrogen) atoms. The van der Waals surface area contributed by atoms with Crippen LogP contribution in [0.2, 0.25) is 5.28 Å². The summed E-state index contributed by atoms with van der Waals surface area (Å²) < 4.78 is 12.7. The Balaban J connectivity index is 0.000000125. The highest BCUT2D eigenvalue weighted by molar-refractivity contribution is 6.65. The van der Waals surface area contributed by atoms with Crippen LogP contribution in [0.3, 0.4) is 0 Å². The molecule has 1 fully saturated rings. The van der Waals surface area contributed by atoms with Gasteiger partial charge in [-0.25, -0.2) is 29.9 Å². The number of nitrogens with zero attached hydrogens (tertiary/aromatic N) is 10. The van der Waals surface area contributed by atoms with Gasteiger partial charge in [0.25, 0.3) is 0 Å². The SMILES string of the molecule is CC1(C)OB(c2ccc(-c3ccc4ccc5cccnc5c4n3)c3ccccc23)OC1(C)C.Clc1nc(-c2ccccc2)nc(-c2ccccc2)n1.c1ccc(-c2nc(-c3ccccc3)nc(-c3ccc(-c4ccc5ccc6cccnc6c5n4)c4ccccc34)n2)cc1. The van der Waals surface area contributed by atoms with Crippen molar-refractivity contribution in [1.82, 2.24) is 49.8 Å². The molecule has 7 heterocycles. The van der Waals surface area contributed by atoms with Gasteiger partial charge in [0.2, 0.25) is 5.28 Å². The second-order valence-electron chi connectivity index (χ2n) is 23.9. The fourth-order valence-corrected chi connectivity index (χ4v) is 12.1. The van der Waals surface area contributed by atoms with Crippen molar-refractivity contribution in [2.45, 2.75) is 38.9 Å². The van der Waals surface area contributed by atoms with Crippen LogP contribution < -0.4 is 5.46 Å². The molecule has 0 aliphatic carbocycles. The Morgan fingerprint density at radius 1 is 0.287 bits per heavy atom. The van der Waals surface area contributed by atoms with Gasteiger partial charge < -0.3 is 9.31 Å². The van der Waals surface area contributed by atoms with E-state index in [1.165, 1.54) is 0 Å². The first kappa shape index (κ1) is 59.0. The predicted octanol–water partition coefficient (Wildman–Crippen LogP) is 18.6. The summed E-state index contributed by atoms with van der Waals surface area (Å²) in [4.78, 5) is 47.1. The van der Waals surface area contributed by atoms with Crippen molar-refractivity contribution < 1.29 is 9.31 Å². The minimum Gasteiger partial charge on any atom is -0.399 e. The Bertz CT molecular complexity index is 5370. The Labute approximate surface area is 548 Å².